The van der Waals surface area contributed by atoms with Gasteiger partial charge in [-0.3, -0.25) is 14.9 Å². The van der Waals surface area contributed by atoms with Gasteiger partial charge in [0.15, 0.2) is 11.5 Å². The highest BCUT2D eigenvalue weighted by molar-refractivity contribution is 6.30. The maximum atomic E-state index is 12.2. The van der Waals surface area contributed by atoms with Gasteiger partial charge in [-0.15, -0.1) is 0 Å². The minimum atomic E-state index is -0.687. The van der Waals surface area contributed by atoms with Crippen LogP contribution in [-0.2, 0) is 11.4 Å². The van der Waals surface area contributed by atoms with Gasteiger partial charge in [-0.1, -0.05) is 32.4 Å². The molecule has 0 radical (unpaired) electrons. The predicted octanol–water partition coefficient (Wildman–Crippen LogP) is 4.94. The Balaban J connectivity index is 2.16. The number of benzene rings is 1. The van der Waals surface area contributed by atoms with E-state index in [0.717, 1.165) is 0 Å². The van der Waals surface area contributed by atoms with E-state index in [2.05, 4.69) is 0 Å². The van der Waals surface area contributed by atoms with Crippen molar-refractivity contribution in [3.8, 4) is 11.8 Å². The Hall–Kier alpha value is -3.11. The summed E-state index contributed by atoms with van der Waals surface area (Å²) in [5.41, 5.74) is -0.956. The van der Waals surface area contributed by atoms with Crippen molar-refractivity contribution in [1.29, 1.82) is 5.26 Å². The van der Waals surface area contributed by atoms with Crippen molar-refractivity contribution in [1.82, 2.24) is 0 Å². The van der Waals surface area contributed by atoms with E-state index in [-0.39, 0.29) is 34.4 Å². The number of hydrogen-bond acceptors (Lipinski definition) is 6. The van der Waals surface area contributed by atoms with Crippen molar-refractivity contribution in [3.63, 3.8) is 0 Å². The molecule has 0 aliphatic heterocycles. The molecule has 0 aliphatic rings. The minimum Gasteiger partial charge on any atom is -0.479 e. The van der Waals surface area contributed by atoms with Crippen LogP contribution in [0.15, 0.2) is 40.3 Å². The molecule has 2 rings (SSSR count). The number of carbonyl (C=O) groups excluding carboxylic acids is 1. The number of nitro benzene ring substituents is 1. The summed E-state index contributed by atoms with van der Waals surface area (Å²) in [6.45, 7) is 5.11. The number of Topliss-reactive ketones (excluding diaryl/α,β-unsaturated/α-hetero) is 1. The van der Waals surface area contributed by atoms with Gasteiger partial charge in [0, 0.05) is 22.6 Å². The van der Waals surface area contributed by atoms with E-state index < -0.39 is 10.3 Å². The third kappa shape index (κ3) is 5.19. The number of carbonyl (C=O) groups is 1. The lowest BCUT2D eigenvalue weighted by atomic mass is 9.86. The Morgan fingerprint density at radius 3 is 2.67 bits per heavy atom. The summed E-state index contributed by atoms with van der Waals surface area (Å²) in [5.74, 6) is 0.453. The van der Waals surface area contributed by atoms with Crippen molar-refractivity contribution in [3.05, 3.63) is 62.6 Å². The second-order valence-electron chi connectivity index (χ2n) is 6.71. The number of furan rings is 1. The van der Waals surface area contributed by atoms with E-state index in [1.807, 2.05) is 6.07 Å². The smallest absolute Gasteiger partial charge is 0.312 e. The largest absolute Gasteiger partial charge is 0.479 e. The van der Waals surface area contributed by atoms with Crippen LogP contribution >= 0.6 is 11.6 Å². The average molecular weight is 389 g/mol. The van der Waals surface area contributed by atoms with Gasteiger partial charge >= 0.3 is 5.69 Å². The third-order valence-electron chi connectivity index (χ3n) is 3.50. The van der Waals surface area contributed by atoms with E-state index in [1.165, 1.54) is 24.3 Å². The fourth-order valence-corrected chi connectivity index (χ4v) is 2.31. The molecule has 8 heteroatoms. The van der Waals surface area contributed by atoms with Crippen molar-refractivity contribution in [2.24, 2.45) is 5.41 Å². The highest BCUT2D eigenvalue weighted by Crippen LogP contribution is 2.30. The number of nitro groups is 1. The highest BCUT2D eigenvalue weighted by atomic mass is 35.5. The molecule has 0 saturated heterocycles. The lowest BCUT2D eigenvalue weighted by Gasteiger charge is -2.15. The van der Waals surface area contributed by atoms with Crippen molar-refractivity contribution >= 4 is 29.1 Å². The number of ketones is 1. The average Bonchev–Trinajstić information content (AvgIpc) is 3.04. The molecule has 0 fully saturated rings. The topological polar surface area (TPSA) is 106 Å². The number of allylic oxidation sites excluding steroid dienone is 1. The van der Waals surface area contributed by atoms with E-state index in [1.54, 1.807) is 32.9 Å². The first-order valence-electron chi connectivity index (χ1n) is 7.94. The first kappa shape index (κ1) is 20.2. The first-order chi connectivity index (χ1) is 12.6. The molecule has 140 valence electrons. The highest BCUT2D eigenvalue weighted by Gasteiger charge is 2.25. The fourth-order valence-electron chi connectivity index (χ4n) is 2.15. The minimum absolute atomic E-state index is 0.0161. The van der Waals surface area contributed by atoms with Gasteiger partial charge in [-0.2, -0.15) is 5.26 Å². The molecule has 0 aliphatic carbocycles. The Morgan fingerprint density at radius 1 is 1.37 bits per heavy atom. The van der Waals surface area contributed by atoms with Gasteiger partial charge in [0.2, 0.25) is 0 Å². The van der Waals surface area contributed by atoms with E-state index >= 15 is 0 Å². The van der Waals surface area contributed by atoms with E-state index in [0.29, 0.717) is 11.5 Å². The first-order valence-corrected chi connectivity index (χ1v) is 8.31. The summed E-state index contributed by atoms with van der Waals surface area (Å²) >= 11 is 5.76. The van der Waals surface area contributed by atoms with Crippen LogP contribution in [0.5, 0.6) is 5.75 Å². The summed E-state index contributed by atoms with van der Waals surface area (Å²) in [7, 11) is 0. The maximum Gasteiger partial charge on any atom is 0.312 e. The predicted molar refractivity (Wildman–Crippen MR) is 99.2 cm³/mol. The number of hydrogen-bond donors (Lipinski definition) is 0. The van der Waals surface area contributed by atoms with Gasteiger partial charge in [0.05, 0.1) is 10.5 Å². The molecular formula is C19H17ClN2O5. The van der Waals surface area contributed by atoms with Gasteiger partial charge in [-0.05, 0) is 24.3 Å². The van der Waals surface area contributed by atoms with Crippen LogP contribution in [0.1, 0.15) is 32.3 Å². The molecule has 7 nitrogen and oxygen atoms in total. The van der Waals surface area contributed by atoms with E-state index in [9.17, 15) is 20.2 Å². The second kappa shape index (κ2) is 8.06. The Labute approximate surface area is 161 Å². The fraction of sp³-hybridized carbons (Fsp3) is 0.263. The number of nitrogens with zero attached hydrogens (tertiary/aromatic N) is 2. The second-order valence-corrected chi connectivity index (χ2v) is 7.15. The third-order valence-corrected chi connectivity index (χ3v) is 3.74. The number of rotatable bonds is 6. The molecule has 27 heavy (non-hydrogen) atoms. The van der Waals surface area contributed by atoms with Crippen LogP contribution in [0.2, 0.25) is 5.02 Å². The van der Waals surface area contributed by atoms with Crippen LogP contribution in [0.4, 0.5) is 5.69 Å². The van der Waals surface area contributed by atoms with Crippen LogP contribution < -0.4 is 4.74 Å². The van der Waals surface area contributed by atoms with Crippen LogP contribution in [0.25, 0.3) is 6.08 Å². The molecule has 1 aromatic carbocycles. The zero-order valence-electron chi connectivity index (χ0n) is 15.0. The summed E-state index contributed by atoms with van der Waals surface area (Å²) in [6, 6.07) is 9.15. The van der Waals surface area contributed by atoms with Gasteiger partial charge in [-0.25, -0.2) is 0 Å². The van der Waals surface area contributed by atoms with Crippen LogP contribution in [-0.4, -0.2) is 10.7 Å². The van der Waals surface area contributed by atoms with Gasteiger partial charge < -0.3 is 9.15 Å². The molecule has 0 saturated carbocycles. The summed E-state index contributed by atoms with van der Waals surface area (Å²) in [6.07, 6.45) is 1.36. The molecule has 1 heterocycles. The molecule has 0 amide bonds. The van der Waals surface area contributed by atoms with Crippen molar-refractivity contribution < 1.29 is 18.9 Å². The lowest BCUT2D eigenvalue weighted by Crippen LogP contribution is -2.21. The standard InChI is InChI=1S/C19H17ClN2O5/c1-19(2,3)18(23)12(10-21)8-14-5-6-15(27-14)11-26-17-7-4-13(20)9-16(17)22(24)25/h4-9H,11H2,1-3H3/b12-8+. The number of ether oxygens (including phenoxy) is 1. The number of halogens is 1. The number of nitriles is 1. The normalized spacial score (nSPS) is 11.7. The van der Waals surface area contributed by atoms with Crippen molar-refractivity contribution in [2.75, 3.05) is 0 Å². The molecular weight excluding hydrogens is 372 g/mol. The molecule has 0 bridgehead atoms. The molecule has 1 aromatic heterocycles. The lowest BCUT2D eigenvalue weighted by molar-refractivity contribution is -0.385. The van der Waals surface area contributed by atoms with Crippen molar-refractivity contribution in [2.45, 2.75) is 27.4 Å². The van der Waals surface area contributed by atoms with Gasteiger partial charge in [0.25, 0.3) is 0 Å². The quantitative estimate of drug-likeness (QED) is 0.300. The zero-order chi connectivity index (χ0) is 20.2. The summed E-state index contributed by atoms with van der Waals surface area (Å²) in [5, 5.41) is 20.5. The Morgan fingerprint density at radius 2 is 2.07 bits per heavy atom. The molecule has 0 N–H and O–H groups in total. The summed E-state index contributed by atoms with van der Waals surface area (Å²) < 4.78 is 11.0. The summed E-state index contributed by atoms with van der Waals surface area (Å²) in [4.78, 5) is 22.7. The van der Waals surface area contributed by atoms with Gasteiger partial charge in [0.1, 0.15) is 24.2 Å². The molecule has 2 aromatic rings. The zero-order valence-corrected chi connectivity index (χ0v) is 15.7. The maximum absolute atomic E-state index is 12.2. The Kier molecular flexibility index (Phi) is 6.03. The van der Waals surface area contributed by atoms with E-state index in [4.69, 9.17) is 20.8 Å². The molecule has 0 atom stereocenters. The Bertz CT molecular complexity index is 948. The SMILES string of the molecule is CC(C)(C)C(=O)/C(C#N)=C/c1ccc(COc2ccc(Cl)cc2[N+](=O)[O-])o1. The van der Waals surface area contributed by atoms with Crippen LogP contribution in [0, 0.1) is 26.9 Å². The van der Waals surface area contributed by atoms with Crippen LogP contribution in [0.3, 0.4) is 0 Å². The molecule has 0 unspecified atom stereocenters. The monoisotopic (exact) mass is 388 g/mol. The molecule has 0 spiro atoms.